The molecule has 0 saturated carbocycles. The van der Waals surface area contributed by atoms with Crippen LogP contribution in [-0.2, 0) is 7.05 Å². The van der Waals surface area contributed by atoms with Gasteiger partial charge in [0.2, 0.25) is 0 Å². The van der Waals surface area contributed by atoms with Crippen LogP contribution >= 0.6 is 11.3 Å². The van der Waals surface area contributed by atoms with Crippen molar-refractivity contribution in [2.75, 3.05) is 0 Å². The Labute approximate surface area is 126 Å². The summed E-state index contributed by atoms with van der Waals surface area (Å²) in [4.78, 5) is 12.2. The maximum absolute atomic E-state index is 12.2. The van der Waals surface area contributed by atoms with Crippen LogP contribution < -0.4 is 14.8 Å². The first kappa shape index (κ1) is 14.8. The molecule has 1 heterocycles. The first-order chi connectivity index (χ1) is 9.97. The number of hydrogen-bond acceptors (Lipinski definition) is 4. The molecule has 2 rings (SSSR count). The maximum atomic E-state index is 12.2. The number of benzene rings is 1. The van der Waals surface area contributed by atoms with E-state index in [-0.39, 0.29) is 11.1 Å². The summed E-state index contributed by atoms with van der Waals surface area (Å²) in [5.74, 6) is 0. The lowest BCUT2D eigenvalue weighted by molar-refractivity contribution is 0.855. The van der Waals surface area contributed by atoms with Crippen molar-refractivity contribution in [1.82, 2.24) is 4.57 Å². The summed E-state index contributed by atoms with van der Waals surface area (Å²) in [6, 6.07) is 9.64. The largest absolute Gasteiger partial charge is 0.300 e. The molecule has 0 radical (unpaired) electrons. The number of aryl methyl sites for hydroxylation is 2. The van der Waals surface area contributed by atoms with Crippen molar-refractivity contribution in [2.45, 2.75) is 13.8 Å². The highest BCUT2D eigenvalue weighted by molar-refractivity contribution is 7.07. The van der Waals surface area contributed by atoms with Gasteiger partial charge in [-0.1, -0.05) is 23.8 Å². The Morgan fingerprint density at radius 3 is 2.52 bits per heavy atom. The Hall–Kier alpha value is -2.63. The number of hydrogen-bond donors (Lipinski definition) is 0. The predicted octanol–water partition coefficient (Wildman–Crippen LogP) is 1.09. The zero-order chi connectivity index (χ0) is 15.6. The average Bonchev–Trinajstić information content (AvgIpc) is 2.72. The van der Waals surface area contributed by atoms with Crippen LogP contribution in [0.15, 0.2) is 23.0 Å². The summed E-state index contributed by atoms with van der Waals surface area (Å²) in [6.07, 6.45) is 1.80. The van der Waals surface area contributed by atoms with E-state index in [0.717, 1.165) is 28.0 Å². The standard InChI is InChI=1S/C16H13N3OS/c1-10-4-5-12(11(2)6-10)7-14-15(20)19(3)16(21-14)13(8-17)9-18/h4-7H,1-3H3. The molecule has 0 unspecified atom stereocenters. The number of nitrogens with zero attached hydrogens (tertiary/aromatic N) is 3. The SMILES string of the molecule is Cc1ccc(C=c2sc(=C(C#N)C#N)n(C)c2=O)c(C)c1. The number of aromatic nitrogens is 1. The normalized spacial score (nSPS) is 11.0. The van der Waals surface area contributed by atoms with Crippen LogP contribution in [0, 0.1) is 36.5 Å². The quantitative estimate of drug-likeness (QED) is 0.791. The molecule has 0 fully saturated rings. The Kier molecular flexibility index (Phi) is 4.07. The molecule has 1 aromatic carbocycles. The third kappa shape index (κ3) is 2.79. The average molecular weight is 295 g/mol. The molecule has 21 heavy (non-hydrogen) atoms. The number of nitriles is 2. The molecule has 0 spiro atoms. The summed E-state index contributed by atoms with van der Waals surface area (Å²) < 4.78 is 2.25. The highest BCUT2D eigenvalue weighted by Gasteiger charge is 2.06. The van der Waals surface area contributed by atoms with E-state index in [2.05, 4.69) is 0 Å². The molecule has 0 saturated heterocycles. The topological polar surface area (TPSA) is 69.6 Å². The highest BCUT2D eigenvalue weighted by atomic mass is 32.1. The molecule has 104 valence electrons. The van der Waals surface area contributed by atoms with Crippen molar-refractivity contribution in [3.8, 4) is 12.1 Å². The maximum Gasteiger partial charge on any atom is 0.268 e. The van der Waals surface area contributed by atoms with Gasteiger partial charge >= 0.3 is 0 Å². The minimum Gasteiger partial charge on any atom is -0.300 e. The van der Waals surface area contributed by atoms with E-state index in [1.165, 1.54) is 4.57 Å². The lowest BCUT2D eigenvalue weighted by Crippen LogP contribution is -2.29. The highest BCUT2D eigenvalue weighted by Crippen LogP contribution is 2.10. The Morgan fingerprint density at radius 1 is 1.29 bits per heavy atom. The van der Waals surface area contributed by atoms with Crippen molar-refractivity contribution in [3.63, 3.8) is 0 Å². The van der Waals surface area contributed by atoms with Gasteiger partial charge in [-0.2, -0.15) is 10.5 Å². The van der Waals surface area contributed by atoms with Gasteiger partial charge in [-0.25, -0.2) is 0 Å². The second-order valence-corrected chi connectivity index (χ2v) is 5.77. The van der Waals surface area contributed by atoms with Crippen LogP contribution in [0.4, 0.5) is 0 Å². The van der Waals surface area contributed by atoms with Gasteiger partial charge in [-0.3, -0.25) is 4.79 Å². The number of rotatable bonds is 1. The van der Waals surface area contributed by atoms with Crippen LogP contribution in [-0.4, -0.2) is 4.57 Å². The van der Waals surface area contributed by atoms with E-state index in [4.69, 9.17) is 10.5 Å². The van der Waals surface area contributed by atoms with E-state index in [0.29, 0.717) is 9.20 Å². The molecule has 0 N–H and O–H groups in total. The molecular weight excluding hydrogens is 282 g/mol. The van der Waals surface area contributed by atoms with E-state index in [9.17, 15) is 4.79 Å². The molecule has 1 aromatic heterocycles. The molecular formula is C16H13N3OS. The van der Waals surface area contributed by atoms with Crippen molar-refractivity contribution in [3.05, 3.63) is 54.4 Å². The summed E-state index contributed by atoms with van der Waals surface area (Å²) in [5.41, 5.74) is 2.96. The summed E-state index contributed by atoms with van der Waals surface area (Å²) in [6.45, 7) is 4.00. The zero-order valence-electron chi connectivity index (χ0n) is 12.0. The minimum atomic E-state index is -0.196. The first-order valence-corrected chi connectivity index (χ1v) is 7.09. The van der Waals surface area contributed by atoms with E-state index in [1.807, 2.05) is 44.2 Å². The molecule has 0 bridgehead atoms. The Bertz CT molecular complexity index is 949. The summed E-state index contributed by atoms with van der Waals surface area (Å²) in [5, 5.41) is 17.9. The van der Waals surface area contributed by atoms with Crippen LogP contribution in [0.5, 0.6) is 0 Å². The van der Waals surface area contributed by atoms with Crippen LogP contribution in [0.2, 0.25) is 0 Å². The Morgan fingerprint density at radius 2 is 1.95 bits per heavy atom. The van der Waals surface area contributed by atoms with Gasteiger partial charge < -0.3 is 4.57 Å². The van der Waals surface area contributed by atoms with Gasteiger partial charge in [0, 0.05) is 7.05 Å². The number of thiazole rings is 1. The molecule has 0 aliphatic carbocycles. The Balaban J connectivity index is 2.79. The van der Waals surface area contributed by atoms with Gasteiger partial charge in [-0.05, 0) is 31.1 Å². The van der Waals surface area contributed by atoms with Crippen LogP contribution in [0.1, 0.15) is 16.7 Å². The van der Waals surface area contributed by atoms with Crippen molar-refractivity contribution < 1.29 is 0 Å². The van der Waals surface area contributed by atoms with Crippen molar-refractivity contribution >= 4 is 23.0 Å². The molecule has 0 aliphatic rings. The molecule has 2 aromatic rings. The van der Waals surface area contributed by atoms with Gasteiger partial charge in [0.1, 0.15) is 16.8 Å². The molecule has 4 nitrogen and oxygen atoms in total. The van der Waals surface area contributed by atoms with Gasteiger partial charge in [-0.15, -0.1) is 11.3 Å². The van der Waals surface area contributed by atoms with Crippen molar-refractivity contribution in [2.24, 2.45) is 7.05 Å². The summed E-state index contributed by atoms with van der Waals surface area (Å²) >= 11 is 1.16. The van der Waals surface area contributed by atoms with Crippen molar-refractivity contribution in [1.29, 1.82) is 10.5 Å². The molecule has 0 amide bonds. The van der Waals surface area contributed by atoms with Gasteiger partial charge in [0.15, 0.2) is 5.57 Å². The third-order valence-corrected chi connectivity index (χ3v) is 4.36. The summed E-state index contributed by atoms with van der Waals surface area (Å²) in [7, 11) is 1.57. The monoisotopic (exact) mass is 295 g/mol. The molecule has 0 aliphatic heterocycles. The van der Waals surface area contributed by atoms with E-state index >= 15 is 0 Å². The third-order valence-electron chi connectivity index (χ3n) is 3.18. The zero-order valence-corrected chi connectivity index (χ0v) is 12.8. The fraction of sp³-hybridized carbons (Fsp3) is 0.188. The second-order valence-electron chi connectivity index (χ2n) is 4.74. The minimum absolute atomic E-state index is 0.0418. The smallest absolute Gasteiger partial charge is 0.268 e. The second kappa shape index (κ2) is 5.78. The van der Waals surface area contributed by atoms with E-state index in [1.54, 1.807) is 13.1 Å². The molecule has 5 heteroatoms. The predicted molar refractivity (Wildman–Crippen MR) is 82.9 cm³/mol. The fourth-order valence-electron chi connectivity index (χ4n) is 2.03. The van der Waals surface area contributed by atoms with Crippen LogP contribution in [0.25, 0.3) is 11.6 Å². The van der Waals surface area contributed by atoms with E-state index < -0.39 is 0 Å². The molecule has 0 atom stereocenters. The fourth-order valence-corrected chi connectivity index (χ4v) is 3.06. The lowest BCUT2D eigenvalue weighted by Gasteiger charge is -2.00. The van der Waals surface area contributed by atoms with Gasteiger partial charge in [0.25, 0.3) is 5.56 Å². The first-order valence-electron chi connectivity index (χ1n) is 6.27. The van der Waals surface area contributed by atoms with Crippen LogP contribution in [0.3, 0.4) is 0 Å². The lowest BCUT2D eigenvalue weighted by atomic mass is 10.1. The van der Waals surface area contributed by atoms with Gasteiger partial charge in [0.05, 0.1) is 4.53 Å².